The number of urea groups is 1. The van der Waals surface area contributed by atoms with Crippen molar-refractivity contribution >= 4 is 17.6 Å². The first kappa shape index (κ1) is 20.2. The van der Waals surface area contributed by atoms with Crippen LogP contribution in [0.4, 0.5) is 10.5 Å². The summed E-state index contributed by atoms with van der Waals surface area (Å²) in [5, 5.41) is 5.23. The second kappa shape index (κ2) is 8.08. The van der Waals surface area contributed by atoms with E-state index in [1.165, 1.54) is 21.7 Å². The Balaban J connectivity index is 1.89. The average Bonchev–Trinajstić information content (AvgIpc) is 2.55. The summed E-state index contributed by atoms with van der Waals surface area (Å²) < 4.78 is 0. The van der Waals surface area contributed by atoms with Gasteiger partial charge in [-0.2, -0.15) is 0 Å². The van der Waals surface area contributed by atoms with E-state index in [2.05, 4.69) is 47.6 Å². The Morgan fingerprint density at radius 2 is 1.77 bits per heavy atom. The number of nitrogens with one attached hydrogen (secondary N) is 3. The summed E-state index contributed by atoms with van der Waals surface area (Å²) in [6.07, 6.45) is 0. The van der Waals surface area contributed by atoms with Gasteiger partial charge in [0.1, 0.15) is 0 Å². The SMILES string of the molecule is Cc1cccc(N2CC[NH+]([C@@H](C)C(=O)NC(=O)NC(C)(C)C)CC2)c1C. The van der Waals surface area contributed by atoms with Gasteiger partial charge >= 0.3 is 6.03 Å². The number of hydrogen-bond donors (Lipinski definition) is 3. The van der Waals surface area contributed by atoms with E-state index < -0.39 is 6.03 Å². The zero-order valence-electron chi connectivity index (χ0n) is 16.9. The van der Waals surface area contributed by atoms with Crippen LogP contribution in [0.25, 0.3) is 0 Å². The molecule has 0 spiro atoms. The number of benzene rings is 1. The van der Waals surface area contributed by atoms with Crippen molar-refractivity contribution in [2.75, 3.05) is 31.1 Å². The topological polar surface area (TPSA) is 65.9 Å². The Labute approximate surface area is 156 Å². The number of hydrogen-bond acceptors (Lipinski definition) is 3. The lowest BCUT2D eigenvalue weighted by Crippen LogP contribution is -3.19. The molecule has 2 rings (SSSR count). The van der Waals surface area contributed by atoms with E-state index in [0.29, 0.717) is 0 Å². The molecule has 1 heterocycles. The number of aryl methyl sites for hydroxylation is 1. The molecule has 6 heteroatoms. The quantitative estimate of drug-likeness (QED) is 0.753. The molecule has 3 N–H and O–H groups in total. The van der Waals surface area contributed by atoms with Crippen LogP contribution < -0.4 is 20.4 Å². The molecule has 144 valence electrons. The zero-order valence-corrected chi connectivity index (χ0v) is 16.9. The van der Waals surface area contributed by atoms with E-state index in [1.807, 2.05) is 27.7 Å². The third-order valence-corrected chi connectivity index (χ3v) is 5.05. The van der Waals surface area contributed by atoms with Crippen LogP contribution in [0.2, 0.25) is 0 Å². The molecule has 1 aromatic rings. The smallest absolute Gasteiger partial charge is 0.322 e. The summed E-state index contributed by atoms with van der Waals surface area (Å²) in [7, 11) is 0. The van der Waals surface area contributed by atoms with Crippen molar-refractivity contribution in [3.63, 3.8) is 0 Å². The van der Waals surface area contributed by atoms with Gasteiger partial charge in [-0.1, -0.05) is 12.1 Å². The molecule has 0 aliphatic carbocycles. The number of carbonyl (C=O) groups is 2. The van der Waals surface area contributed by atoms with Crippen LogP contribution in [0.1, 0.15) is 38.8 Å². The van der Waals surface area contributed by atoms with Crippen LogP contribution in [-0.4, -0.2) is 49.7 Å². The number of rotatable bonds is 3. The monoisotopic (exact) mass is 361 g/mol. The number of anilines is 1. The van der Waals surface area contributed by atoms with E-state index >= 15 is 0 Å². The van der Waals surface area contributed by atoms with Gasteiger partial charge in [0.05, 0.1) is 26.2 Å². The molecule has 1 fully saturated rings. The number of carbonyl (C=O) groups excluding carboxylic acids is 2. The molecule has 3 amide bonds. The maximum atomic E-state index is 12.4. The lowest BCUT2D eigenvalue weighted by Gasteiger charge is -2.36. The molecule has 6 nitrogen and oxygen atoms in total. The predicted molar refractivity (Wildman–Crippen MR) is 105 cm³/mol. The molecular formula is C20H33N4O2+. The normalized spacial score (nSPS) is 16.9. The van der Waals surface area contributed by atoms with Crippen LogP contribution in [0.5, 0.6) is 0 Å². The molecule has 1 atom stereocenters. The van der Waals surface area contributed by atoms with Gasteiger partial charge in [-0.15, -0.1) is 0 Å². The molecule has 0 unspecified atom stereocenters. The molecule has 1 aromatic carbocycles. The summed E-state index contributed by atoms with van der Waals surface area (Å²) in [6, 6.07) is 5.72. The lowest BCUT2D eigenvalue weighted by atomic mass is 10.1. The fourth-order valence-corrected chi connectivity index (χ4v) is 3.32. The van der Waals surface area contributed by atoms with Crippen molar-refractivity contribution in [2.24, 2.45) is 0 Å². The fraction of sp³-hybridized carbons (Fsp3) is 0.600. The van der Waals surface area contributed by atoms with E-state index in [1.54, 1.807) is 0 Å². The Morgan fingerprint density at radius 1 is 1.15 bits per heavy atom. The van der Waals surface area contributed by atoms with Gasteiger partial charge in [0.2, 0.25) is 0 Å². The molecule has 1 aliphatic heterocycles. The summed E-state index contributed by atoms with van der Waals surface area (Å²) in [5.74, 6) is -0.220. The number of imide groups is 1. The van der Waals surface area contributed by atoms with Crippen molar-refractivity contribution in [1.82, 2.24) is 10.6 Å². The van der Waals surface area contributed by atoms with Gasteiger partial charge < -0.3 is 15.1 Å². The van der Waals surface area contributed by atoms with E-state index in [9.17, 15) is 9.59 Å². The summed E-state index contributed by atoms with van der Waals surface area (Å²) in [5.41, 5.74) is 3.54. The van der Waals surface area contributed by atoms with Crippen LogP contribution >= 0.6 is 0 Å². The minimum absolute atomic E-state index is 0.220. The minimum Gasteiger partial charge on any atom is -0.360 e. The van der Waals surface area contributed by atoms with E-state index in [-0.39, 0.29) is 17.5 Å². The van der Waals surface area contributed by atoms with Crippen molar-refractivity contribution < 1.29 is 14.5 Å². The Morgan fingerprint density at radius 3 is 2.35 bits per heavy atom. The largest absolute Gasteiger partial charge is 0.360 e. The first-order chi connectivity index (χ1) is 12.1. The highest BCUT2D eigenvalue weighted by molar-refractivity contribution is 5.96. The van der Waals surface area contributed by atoms with Gasteiger partial charge in [-0.3, -0.25) is 10.1 Å². The average molecular weight is 362 g/mol. The summed E-state index contributed by atoms with van der Waals surface area (Å²) >= 11 is 0. The molecule has 0 bridgehead atoms. The highest BCUT2D eigenvalue weighted by atomic mass is 16.2. The van der Waals surface area contributed by atoms with Crippen molar-refractivity contribution in [3.05, 3.63) is 29.3 Å². The second-order valence-corrected chi connectivity index (χ2v) is 8.28. The summed E-state index contributed by atoms with van der Waals surface area (Å²) in [6.45, 7) is 15.4. The van der Waals surface area contributed by atoms with Gasteiger partial charge in [0.15, 0.2) is 6.04 Å². The highest BCUT2D eigenvalue weighted by Crippen LogP contribution is 2.22. The number of quaternary nitrogens is 1. The van der Waals surface area contributed by atoms with E-state index in [0.717, 1.165) is 26.2 Å². The van der Waals surface area contributed by atoms with Gasteiger partial charge in [0.25, 0.3) is 5.91 Å². The summed E-state index contributed by atoms with van der Waals surface area (Å²) in [4.78, 5) is 27.9. The number of piperazine rings is 1. The third kappa shape index (κ3) is 5.21. The fourth-order valence-electron chi connectivity index (χ4n) is 3.32. The lowest BCUT2D eigenvalue weighted by molar-refractivity contribution is -0.914. The first-order valence-corrected chi connectivity index (χ1v) is 9.37. The van der Waals surface area contributed by atoms with Gasteiger partial charge in [0, 0.05) is 11.2 Å². The van der Waals surface area contributed by atoms with Crippen molar-refractivity contribution in [1.29, 1.82) is 0 Å². The molecule has 1 aliphatic rings. The zero-order chi connectivity index (χ0) is 19.5. The van der Waals surface area contributed by atoms with Crippen LogP contribution in [0.15, 0.2) is 18.2 Å². The van der Waals surface area contributed by atoms with Gasteiger partial charge in [-0.25, -0.2) is 4.79 Å². The van der Waals surface area contributed by atoms with Crippen LogP contribution in [-0.2, 0) is 4.79 Å². The maximum Gasteiger partial charge on any atom is 0.322 e. The van der Waals surface area contributed by atoms with Crippen LogP contribution in [0.3, 0.4) is 0 Å². The van der Waals surface area contributed by atoms with Crippen molar-refractivity contribution in [3.8, 4) is 0 Å². The highest BCUT2D eigenvalue weighted by Gasteiger charge is 2.31. The molecule has 0 aromatic heterocycles. The van der Waals surface area contributed by atoms with E-state index in [4.69, 9.17) is 0 Å². The van der Waals surface area contributed by atoms with Crippen LogP contribution in [0, 0.1) is 13.8 Å². The molecule has 0 radical (unpaired) electrons. The minimum atomic E-state index is -0.428. The second-order valence-electron chi connectivity index (χ2n) is 8.28. The Hall–Kier alpha value is -2.08. The third-order valence-electron chi connectivity index (χ3n) is 5.05. The standard InChI is InChI=1S/C20H32N4O2/c1-14-8-7-9-17(15(14)2)24-12-10-23(11-13-24)16(3)18(25)21-19(26)22-20(4,5)6/h7-9,16H,10-13H2,1-6H3,(H2,21,22,25,26)/p+1/t16-/m0/s1. The molecule has 26 heavy (non-hydrogen) atoms. The maximum absolute atomic E-state index is 12.4. The molecule has 1 saturated heterocycles. The van der Waals surface area contributed by atoms with Gasteiger partial charge in [-0.05, 0) is 58.7 Å². The number of nitrogens with zero attached hydrogens (tertiary/aromatic N) is 1. The van der Waals surface area contributed by atoms with Crippen molar-refractivity contribution in [2.45, 2.75) is 53.1 Å². The molecule has 0 saturated carbocycles. The molecular weight excluding hydrogens is 328 g/mol. The first-order valence-electron chi connectivity index (χ1n) is 9.37. The number of amides is 3. The Kier molecular flexibility index (Phi) is 6.29. The predicted octanol–water partition coefficient (Wildman–Crippen LogP) is 1.02. The Bertz CT molecular complexity index is 658.